The highest BCUT2D eigenvalue weighted by atomic mass is 32.1. The molecule has 3 aromatic rings. The maximum atomic E-state index is 12.5. The number of aromatic nitrogens is 1. The summed E-state index contributed by atoms with van der Waals surface area (Å²) in [5.41, 5.74) is 0.989. The SMILES string of the molecule is C[C@@H]([NH2+]CC(=O)N(C)[C@@H](C)c1nc2ccccc2s1)c1ccco1. The van der Waals surface area contributed by atoms with E-state index in [0.717, 1.165) is 21.0 Å². The first-order valence-corrected chi connectivity index (χ1v) is 8.85. The van der Waals surface area contributed by atoms with Crippen LogP contribution in [0.2, 0.25) is 0 Å². The molecule has 1 aromatic carbocycles. The molecule has 0 aliphatic heterocycles. The number of rotatable bonds is 6. The second-order valence-electron chi connectivity index (χ2n) is 5.94. The molecule has 0 radical (unpaired) electrons. The minimum Gasteiger partial charge on any atom is -0.463 e. The van der Waals surface area contributed by atoms with Crippen LogP contribution in [-0.4, -0.2) is 29.4 Å². The summed E-state index contributed by atoms with van der Waals surface area (Å²) in [5, 5.41) is 2.95. The van der Waals surface area contributed by atoms with Crippen LogP contribution in [0.5, 0.6) is 0 Å². The predicted octanol–water partition coefficient (Wildman–Crippen LogP) is 2.73. The van der Waals surface area contributed by atoms with E-state index in [1.165, 1.54) is 0 Å². The van der Waals surface area contributed by atoms with Gasteiger partial charge in [0.1, 0.15) is 11.0 Å². The van der Waals surface area contributed by atoms with Gasteiger partial charge >= 0.3 is 0 Å². The number of quaternary nitrogens is 1. The molecule has 126 valence electrons. The van der Waals surface area contributed by atoms with E-state index >= 15 is 0 Å². The highest BCUT2D eigenvalue weighted by Crippen LogP contribution is 2.28. The number of amides is 1. The van der Waals surface area contributed by atoms with Crippen LogP contribution in [0.25, 0.3) is 10.2 Å². The number of benzene rings is 1. The first-order valence-electron chi connectivity index (χ1n) is 8.04. The third kappa shape index (κ3) is 3.49. The highest BCUT2D eigenvalue weighted by molar-refractivity contribution is 7.18. The summed E-state index contributed by atoms with van der Waals surface area (Å²) in [6.07, 6.45) is 1.66. The third-order valence-corrected chi connectivity index (χ3v) is 5.49. The molecule has 2 atom stereocenters. The number of furan rings is 1. The van der Waals surface area contributed by atoms with Gasteiger partial charge in [0.25, 0.3) is 5.91 Å². The van der Waals surface area contributed by atoms with Crippen LogP contribution in [-0.2, 0) is 4.79 Å². The molecule has 0 aliphatic rings. The zero-order valence-corrected chi connectivity index (χ0v) is 14.9. The molecule has 2 N–H and O–H groups in total. The quantitative estimate of drug-likeness (QED) is 0.748. The van der Waals surface area contributed by atoms with Gasteiger partial charge in [-0.2, -0.15) is 0 Å². The molecule has 0 saturated carbocycles. The summed E-state index contributed by atoms with van der Waals surface area (Å²) in [5.74, 6) is 0.963. The Morgan fingerprint density at radius 1 is 1.29 bits per heavy atom. The van der Waals surface area contributed by atoms with Gasteiger partial charge in [0.2, 0.25) is 0 Å². The number of thiazole rings is 1. The fraction of sp³-hybridized carbons (Fsp3) is 0.333. The van der Waals surface area contributed by atoms with Crippen LogP contribution in [0, 0.1) is 0 Å². The van der Waals surface area contributed by atoms with Crippen molar-refractivity contribution in [2.75, 3.05) is 13.6 Å². The Bertz CT molecular complexity index is 780. The molecule has 0 bridgehead atoms. The summed E-state index contributed by atoms with van der Waals surface area (Å²) in [6.45, 7) is 4.43. The Morgan fingerprint density at radius 3 is 2.79 bits per heavy atom. The van der Waals surface area contributed by atoms with Gasteiger partial charge in [-0.15, -0.1) is 11.3 Å². The molecule has 3 rings (SSSR count). The fourth-order valence-electron chi connectivity index (χ4n) is 2.54. The smallest absolute Gasteiger partial charge is 0.278 e. The summed E-state index contributed by atoms with van der Waals surface area (Å²) in [6, 6.07) is 11.9. The van der Waals surface area contributed by atoms with Crippen molar-refractivity contribution >= 4 is 27.5 Å². The van der Waals surface area contributed by atoms with E-state index in [4.69, 9.17) is 4.42 Å². The molecule has 24 heavy (non-hydrogen) atoms. The molecule has 0 fully saturated rings. The molecule has 1 amide bonds. The van der Waals surface area contributed by atoms with Gasteiger partial charge in [0, 0.05) is 7.05 Å². The van der Waals surface area contributed by atoms with Gasteiger partial charge < -0.3 is 14.6 Å². The van der Waals surface area contributed by atoms with E-state index in [-0.39, 0.29) is 18.0 Å². The standard InChI is InChI=1S/C18H21N3O2S/c1-12(15-8-6-10-23-15)19-11-17(22)21(3)13(2)18-20-14-7-4-5-9-16(14)24-18/h4-10,12-13,19H,11H2,1-3H3/p+1/t12-,13+/m1/s1. The summed E-state index contributed by atoms with van der Waals surface area (Å²) in [4.78, 5) is 18.9. The minimum atomic E-state index is -0.0396. The van der Waals surface area contributed by atoms with E-state index in [1.54, 1.807) is 22.5 Å². The number of nitrogens with two attached hydrogens (primary N) is 1. The number of carbonyl (C=O) groups is 1. The molecular formula is C18H22N3O2S+. The second kappa shape index (κ2) is 7.15. The molecule has 2 aromatic heterocycles. The molecule has 0 unspecified atom stereocenters. The Kier molecular flexibility index (Phi) is 4.97. The number of para-hydroxylation sites is 1. The van der Waals surface area contributed by atoms with E-state index in [1.807, 2.05) is 56.5 Å². The Morgan fingerprint density at radius 2 is 2.08 bits per heavy atom. The Hall–Kier alpha value is -2.18. The molecule has 2 heterocycles. The lowest BCUT2D eigenvalue weighted by molar-refractivity contribution is -0.685. The summed E-state index contributed by atoms with van der Waals surface area (Å²) >= 11 is 1.64. The predicted molar refractivity (Wildman–Crippen MR) is 94.7 cm³/mol. The van der Waals surface area contributed by atoms with Gasteiger partial charge in [0.15, 0.2) is 12.3 Å². The second-order valence-corrected chi connectivity index (χ2v) is 7.01. The highest BCUT2D eigenvalue weighted by Gasteiger charge is 2.23. The molecule has 0 aliphatic carbocycles. The molecular weight excluding hydrogens is 322 g/mol. The maximum absolute atomic E-state index is 12.5. The van der Waals surface area contributed by atoms with Gasteiger partial charge in [-0.25, -0.2) is 4.98 Å². The first kappa shape index (κ1) is 16.7. The van der Waals surface area contributed by atoms with Crippen molar-refractivity contribution in [2.24, 2.45) is 0 Å². The number of nitrogens with zero attached hydrogens (tertiary/aromatic N) is 2. The van der Waals surface area contributed by atoms with Crippen molar-refractivity contribution in [2.45, 2.75) is 25.9 Å². The number of hydrogen-bond acceptors (Lipinski definition) is 4. The largest absolute Gasteiger partial charge is 0.463 e. The van der Waals surface area contributed by atoms with Crippen molar-refractivity contribution in [1.82, 2.24) is 9.88 Å². The first-order chi connectivity index (χ1) is 11.6. The number of likely N-dealkylation sites (N-methyl/N-ethyl adjacent to an activating group) is 1. The minimum absolute atomic E-state index is 0.0396. The van der Waals surface area contributed by atoms with Crippen LogP contribution in [0.1, 0.15) is 36.7 Å². The van der Waals surface area contributed by atoms with Crippen LogP contribution >= 0.6 is 11.3 Å². The van der Waals surface area contributed by atoms with Gasteiger partial charge in [-0.05, 0) is 38.1 Å². The van der Waals surface area contributed by atoms with Crippen molar-refractivity contribution in [3.05, 3.63) is 53.4 Å². The Labute approximate surface area is 145 Å². The molecule has 0 saturated heterocycles. The normalized spacial score (nSPS) is 13.8. The summed E-state index contributed by atoms with van der Waals surface area (Å²) < 4.78 is 6.53. The van der Waals surface area contributed by atoms with Crippen LogP contribution in [0.4, 0.5) is 0 Å². The monoisotopic (exact) mass is 344 g/mol. The Balaban J connectivity index is 1.62. The zero-order chi connectivity index (χ0) is 17.1. The number of hydrogen-bond donors (Lipinski definition) is 1. The van der Waals surface area contributed by atoms with Gasteiger partial charge in [0.05, 0.1) is 22.5 Å². The molecule has 6 heteroatoms. The maximum Gasteiger partial charge on any atom is 0.278 e. The van der Waals surface area contributed by atoms with Crippen LogP contribution in [0.15, 0.2) is 47.1 Å². The average Bonchev–Trinajstić information content (AvgIpc) is 3.26. The average molecular weight is 344 g/mol. The van der Waals surface area contributed by atoms with E-state index in [0.29, 0.717) is 6.54 Å². The van der Waals surface area contributed by atoms with E-state index in [9.17, 15) is 4.79 Å². The van der Waals surface area contributed by atoms with E-state index < -0.39 is 0 Å². The number of fused-ring (bicyclic) bond motifs is 1. The van der Waals surface area contributed by atoms with Crippen molar-refractivity contribution in [3.63, 3.8) is 0 Å². The van der Waals surface area contributed by atoms with Gasteiger partial charge in [-0.3, -0.25) is 4.79 Å². The fourth-order valence-corrected chi connectivity index (χ4v) is 3.60. The third-order valence-electron chi connectivity index (χ3n) is 4.28. The van der Waals surface area contributed by atoms with Crippen molar-refractivity contribution in [3.8, 4) is 0 Å². The lowest BCUT2D eigenvalue weighted by Gasteiger charge is -2.23. The van der Waals surface area contributed by atoms with Crippen LogP contribution in [0.3, 0.4) is 0 Å². The van der Waals surface area contributed by atoms with Gasteiger partial charge in [-0.1, -0.05) is 12.1 Å². The molecule has 5 nitrogen and oxygen atoms in total. The topological polar surface area (TPSA) is 63.0 Å². The lowest BCUT2D eigenvalue weighted by Crippen LogP contribution is -2.87. The lowest BCUT2D eigenvalue weighted by atomic mass is 10.2. The number of carbonyl (C=O) groups excluding carboxylic acids is 1. The van der Waals surface area contributed by atoms with Crippen LogP contribution < -0.4 is 5.32 Å². The zero-order valence-electron chi connectivity index (χ0n) is 14.1. The molecule has 0 spiro atoms. The van der Waals surface area contributed by atoms with Crippen molar-refractivity contribution < 1.29 is 14.5 Å². The summed E-state index contributed by atoms with van der Waals surface area (Å²) in [7, 11) is 1.84. The van der Waals surface area contributed by atoms with Crippen molar-refractivity contribution in [1.29, 1.82) is 0 Å². The van der Waals surface area contributed by atoms with E-state index in [2.05, 4.69) is 11.1 Å².